The van der Waals surface area contributed by atoms with E-state index in [1.54, 1.807) is 11.7 Å². The number of aliphatic hydroxyl groups is 1. The summed E-state index contributed by atoms with van der Waals surface area (Å²) in [5.74, 6) is 0.766. The number of hydrogen-bond acceptors (Lipinski definition) is 6. The zero-order valence-electron chi connectivity index (χ0n) is 13.8. The Kier molecular flexibility index (Phi) is 4.80. The van der Waals surface area contributed by atoms with Gasteiger partial charge in [0.1, 0.15) is 16.9 Å². The molecule has 136 valence electrons. The lowest BCUT2D eigenvalue weighted by Crippen LogP contribution is -2.27. The summed E-state index contributed by atoms with van der Waals surface area (Å²) in [6, 6.07) is 7.58. The number of ether oxygens (including phenoxy) is 1. The predicted octanol–water partition coefficient (Wildman–Crippen LogP) is 2.60. The van der Waals surface area contributed by atoms with Crippen LogP contribution in [0.3, 0.4) is 0 Å². The number of hydrogen-bond donors (Lipinski definition) is 1. The van der Waals surface area contributed by atoms with Gasteiger partial charge in [-0.05, 0) is 30.2 Å². The van der Waals surface area contributed by atoms with Crippen molar-refractivity contribution >= 4 is 27.2 Å². The van der Waals surface area contributed by atoms with E-state index in [4.69, 9.17) is 4.74 Å². The van der Waals surface area contributed by atoms with Crippen molar-refractivity contribution in [2.45, 2.75) is 27.5 Å². The van der Waals surface area contributed by atoms with Crippen molar-refractivity contribution in [3.63, 3.8) is 0 Å². The zero-order chi connectivity index (χ0) is 17.6. The number of rotatable bonds is 4. The van der Waals surface area contributed by atoms with E-state index < -0.39 is 0 Å². The molecule has 0 atom stereocenters. The first-order valence-electron chi connectivity index (χ1n) is 7.72. The molecule has 3 aromatic heterocycles. The third-order valence-corrected chi connectivity index (χ3v) is 5.60. The molecule has 8 heteroatoms. The topological polar surface area (TPSA) is 81.7 Å². The van der Waals surface area contributed by atoms with E-state index in [2.05, 4.69) is 10.1 Å². The number of thiophene rings is 1. The highest BCUT2D eigenvalue weighted by Gasteiger charge is 2.19. The second-order valence-electron chi connectivity index (χ2n) is 5.70. The number of aliphatic hydroxyl groups excluding tert-OH is 1. The first kappa shape index (κ1) is 18.1. The fourth-order valence-corrected chi connectivity index (χ4v) is 4.11. The van der Waals surface area contributed by atoms with Crippen LogP contribution in [-0.2, 0) is 13.2 Å². The van der Waals surface area contributed by atoms with Crippen molar-refractivity contribution in [1.82, 2.24) is 19.2 Å². The van der Waals surface area contributed by atoms with Gasteiger partial charge in [-0.15, -0.1) is 11.3 Å². The predicted molar refractivity (Wildman–Crippen MR) is 102 cm³/mol. The molecule has 0 saturated heterocycles. The van der Waals surface area contributed by atoms with Crippen LogP contribution in [0.4, 0.5) is 0 Å². The van der Waals surface area contributed by atoms with Crippen LogP contribution in [0.5, 0.6) is 5.75 Å². The molecule has 4 rings (SSSR count). The summed E-state index contributed by atoms with van der Waals surface area (Å²) in [5.41, 5.74) is 2.19. The van der Waals surface area contributed by atoms with Gasteiger partial charge in [0.25, 0.3) is 0 Å². The lowest BCUT2D eigenvalue weighted by molar-refractivity contribution is 0.285. The number of benzene rings is 1. The van der Waals surface area contributed by atoms with E-state index in [1.165, 1.54) is 22.2 Å². The molecule has 0 radical (unpaired) electrons. The Balaban J connectivity index is 0.00000196. The van der Waals surface area contributed by atoms with Crippen molar-refractivity contribution < 1.29 is 9.84 Å². The maximum atomic E-state index is 12.9. The van der Waals surface area contributed by atoms with Crippen LogP contribution in [0, 0.1) is 6.92 Å². The highest BCUT2D eigenvalue weighted by Crippen LogP contribution is 2.32. The highest BCUT2D eigenvalue weighted by molar-refractivity contribution is 7.19. The summed E-state index contributed by atoms with van der Waals surface area (Å²) in [7, 11) is 1.62. The summed E-state index contributed by atoms with van der Waals surface area (Å²) in [5, 5.41) is 14.5. The second-order valence-corrected chi connectivity index (χ2v) is 6.78. The van der Waals surface area contributed by atoms with Gasteiger partial charge in [-0.1, -0.05) is 19.6 Å². The molecule has 7 nitrogen and oxygen atoms in total. The minimum Gasteiger partial charge on any atom is -0.497 e. The van der Waals surface area contributed by atoms with Crippen LogP contribution in [0.25, 0.3) is 15.9 Å². The van der Waals surface area contributed by atoms with Crippen LogP contribution >= 0.6 is 11.3 Å². The highest BCUT2D eigenvalue weighted by atomic mass is 32.1. The fraction of sp³-hybridized carbons (Fsp3) is 0.278. The molecule has 0 aliphatic rings. The van der Waals surface area contributed by atoms with Crippen molar-refractivity contribution in [3.05, 3.63) is 57.1 Å². The monoisotopic (exact) mass is 372 g/mol. The summed E-state index contributed by atoms with van der Waals surface area (Å²) in [4.78, 5) is 18.7. The Morgan fingerprint density at radius 2 is 2.00 bits per heavy atom. The van der Waals surface area contributed by atoms with Crippen LogP contribution in [-0.4, -0.2) is 31.4 Å². The molecule has 1 N–H and O–H groups in total. The Hall–Kier alpha value is -2.71. The van der Waals surface area contributed by atoms with Gasteiger partial charge in [0, 0.05) is 4.88 Å². The fourth-order valence-electron chi connectivity index (χ4n) is 2.95. The standard InChI is InChI=1S/C17H16N4O3S.CH4/c1-10-13(8-22)25-16-14(10)15-18-9-19-21(15)17(23)20(16)7-11-3-5-12(24-2)6-4-11;/h3-6,9,22H,7-8H2,1-2H3;1H4. The van der Waals surface area contributed by atoms with Gasteiger partial charge in [0.2, 0.25) is 0 Å². The number of fused-ring (bicyclic) bond motifs is 3. The van der Waals surface area contributed by atoms with E-state index >= 15 is 0 Å². The molecule has 26 heavy (non-hydrogen) atoms. The quantitative estimate of drug-likeness (QED) is 0.595. The van der Waals surface area contributed by atoms with Gasteiger partial charge in [-0.25, -0.2) is 9.78 Å². The lowest BCUT2D eigenvalue weighted by atomic mass is 10.2. The van der Waals surface area contributed by atoms with E-state index in [0.717, 1.165) is 32.0 Å². The van der Waals surface area contributed by atoms with Gasteiger partial charge >= 0.3 is 5.69 Å². The molecule has 0 spiro atoms. The molecule has 0 aliphatic carbocycles. The lowest BCUT2D eigenvalue weighted by Gasteiger charge is -2.09. The van der Waals surface area contributed by atoms with Crippen molar-refractivity contribution in [1.29, 1.82) is 0 Å². The Morgan fingerprint density at radius 1 is 1.27 bits per heavy atom. The molecule has 0 saturated carbocycles. The average Bonchev–Trinajstić information content (AvgIpc) is 3.23. The van der Waals surface area contributed by atoms with E-state index in [9.17, 15) is 9.90 Å². The molecule has 0 amide bonds. The zero-order valence-corrected chi connectivity index (χ0v) is 14.6. The first-order valence-corrected chi connectivity index (χ1v) is 8.54. The smallest absolute Gasteiger partial charge is 0.352 e. The third-order valence-electron chi connectivity index (χ3n) is 4.30. The molecule has 0 bridgehead atoms. The van der Waals surface area contributed by atoms with Crippen molar-refractivity contribution in [2.24, 2.45) is 0 Å². The maximum Gasteiger partial charge on any atom is 0.352 e. The molecular formula is C18H20N4O3S. The number of methoxy groups -OCH3 is 1. The number of aryl methyl sites for hydroxylation is 1. The average molecular weight is 372 g/mol. The SMILES string of the molecule is C.COc1ccc(Cn2c(=O)n3ncnc3c3c(C)c(CO)sc32)cc1. The molecule has 0 unspecified atom stereocenters. The van der Waals surface area contributed by atoms with Crippen LogP contribution in [0.15, 0.2) is 35.4 Å². The summed E-state index contributed by atoms with van der Waals surface area (Å²) < 4.78 is 8.17. The third kappa shape index (κ3) is 2.67. The molecule has 0 aliphatic heterocycles. The molecular weight excluding hydrogens is 352 g/mol. The minimum absolute atomic E-state index is 0. The van der Waals surface area contributed by atoms with Gasteiger partial charge in [-0.2, -0.15) is 9.61 Å². The molecule has 1 aromatic carbocycles. The van der Waals surface area contributed by atoms with E-state index in [0.29, 0.717) is 12.2 Å². The van der Waals surface area contributed by atoms with E-state index in [1.807, 2.05) is 31.2 Å². The van der Waals surface area contributed by atoms with Gasteiger partial charge in [0.15, 0.2) is 5.65 Å². The summed E-state index contributed by atoms with van der Waals surface area (Å²) in [6.07, 6.45) is 1.38. The van der Waals surface area contributed by atoms with Crippen molar-refractivity contribution in [3.8, 4) is 5.75 Å². The second kappa shape index (κ2) is 6.89. The van der Waals surface area contributed by atoms with Crippen LogP contribution in [0.2, 0.25) is 0 Å². The van der Waals surface area contributed by atoms with Gasteiger partial charge < -0.3 is 9.84 Å². The van der Waals surface area contributed by atoms with Crippen molar-refractivity contribution in [2.75, 3.05) is 7.11 Å². The normalized spacial score (nSPS) is 11.0. The van der Waals surface area contributed by atoms with Gasteiger partial charge in [0.05, 0.1) is 25.6 Å². The Labute approximate surface area is 154 Å². The maximum absolute atomic E-state index is 12.9. The Morgan fingerprint density at radius 3 is 2.65 bits per heavy atom. The number of aromatic nitrogens is 4. The van der Waals surface area contributed by atoms with E-state index in [-0.39, 0.29) is 19.7 Å². The van der Waals surface area contributed by atoms with Crippen LogP contribution < -0.4 is 10.4 Å². The summed E-state index contributed by atoms with van der Waals surface area (Å²) in [6.45, 7) is 2.27. The first-order chi connectivity index (χ1) is 12.1. The largest absolute Gasteiger partial charge is 0.497 e. The molecule has 0 fully saturated rings. The minimum atomic E-state index is -0.249. The molecule has 3 heterocycles. The molecule has 4 aromatic rings. The number of nitrogens with zero attached hydrogens (tertiary/aromatic N) is 4. The van der Waals surface area contributed by atoms with Gasteiger partial charge in [-0.3, -0.25) is 4.57 Å². The van der Waals surface area contributed by atoms with Crippen LogP contribution in [0.1, 0.15) is 23.4 Å². The summed E-state index contributed by atoms with van der Waals surface area (Å²) >= 11 is 1.42. The Bertz CT molecular complexity index is 1130.